The number of carbonyl (C=O) groups excluding carboxylic acids is 2. The number of hydrogen-bond acceptors (Lipinski definition) is 6. The number of hydrogen-bond donors (Lipinski definition) is 2. The van der Waals surface area contributed by atoms with Crippen LogP contribution in [0.1, 0.15) is 50.9 Å². The van der Waals surface area contributed by atoms with Gasteiger partial charge in [0.1, 0.15) is 0 Å². The van der Waals surface area contributed by atoms with Gasteiger partial charge in [0.2, 0.25) is 5.43 Å². The lowest BCUT2D eigenvalue weighted by Crippen LogP contribution is -2.56. The molecule has 1 amide bonds. The van der Waals surface area contributed by atoms with Crippen LogP contribution in [0, 0.1) is 13.8 Å². The molecule has 2 aliphatic heterocycles. The predicted octanol–water partition coefficient (Wildman–Crippen LogP) is 1.98. The monoisotopic (exact) mass is 427 g/mol. The highest BCUT2D eigenvalue weighted by Gasteiger charge is 2.40. The van der Waals surface area contributed by atoms with Gasteiger partial charge in [0.25, 0.3) is 5.91 Å². The van der Waals surface area contributed by atoms with Crippen LogP contribution in [0.5, 0.6) is 5.75 Å². The number of aryl methyl sites for hydroxylation is 2. The Labute approximate surface area is 181 Å². The molecular weight excluding hydrogens is 398 g/mol. The van der Waals surface area contributed by atoms with E-state index in [-0.39, 0.29) is 17.3 Å². The minimum Gasteiger partial charge on any atom is -0.503 e. The van der Waals surface area contributed by atoms with Crippen molar-refractivity contribution in [2.45, 2.75) is 52.6 Å². The van der Waals surface area contributed by atoms with Gasteiger partial charge in [0.15, 0.2) is 24.0 Å². The Kier molecular flexibility index (Phi) is 6.92. The summed E-state index contributed by atoms with van der Waals surface area (Å²) in [4.78, 5) is 36.6. The van der Waals surface area contributed by atoms with Gasteiger partial charge in [-0.2, -0.15) is 0 Å². The summed E-state index contributed by atoms with van der Waals surface area (Å²) in [6.07, 6.45) is 1.94. The number of fused-ring (bicyclic) bond motifs is 2. The number of rotatable bonds is 3. The van der Waals surface area contributed by atoms with Crippen LogP contribution >= 0.6 is 0 Å². The number of nitrogens with one attached hydrogen (secondary N) is 1. The zero-order valence-corrected chi connectivity index (χ0v) is 18.3. The van der Waals surface area contributed by atoms with Gasteiger partial charge in [-0.1, -0.05) is 23.8 Å². The van der Waals surface area contributed by atoms with E-state index in [4.69, 9.17) is 4.74 Å². The molecule has 4 rings (SSSR count). The number of nitrogens with zero attached hydrogens (tertiary/aromatic N) is 2. The third kappa shape index (κ3) is 4.55. The Morgan fingerprint density at radius 2 is 2.03 bits per heavy atom. The van der Waals surface area contributed by atoms with E-state index in [1.54, 1.807) is 4.90 Å². The topological polar surface area (TPSA) is 101 Å². The van der Waals surface area contributed by atoms with E-state index >= 15 is 0 Å². The molecule has 0 aliphatic carbocycles. The Morgan fingerprint density at radius 1 is 1.29 bits per heavy atom. The van der Waals surface area contributed by atoms with Crippen LogP contribution in [-0.2, 0) is 17.8 Å². The van der Waals surface area contributed by atoms with Gasteiger partial charge in [-0.3, -0.25) is 14.4 Å². The van der Waals surface area contributed by atoms with Crippen LogP contribution in [0.4, 0.5) is 0 Å². The summed E-state index contributed by atoms with van der Waals surface area (Å²) in [5, 5.41) is 13.1. The van der Waals surface area contributed by atoms with Crippen LogP contribution in [0.2, 0.25) is 0 Å². The zero-order chi connectivity index (χ0) is 22.7. The summed E-state index contributed by atoms with van der Waals surface area (Å²) in [5.41, 5.74) is 3.04. The first-order valence-corrected chi connectivity index (χ1v) is 10.3. The van der Waals surface area contributed by atoms with Crippen LogP contribution < -0.4 is 10.7 Å². The van der Waals surface area contributed by atoms with E-state index in [0.717, 1.165) is 6.54 Å². The number of amides is 1. The molecule has 1 fully saturated rings. The molecule has 1 aromatic heterocycles. The van der Waals surface area contributed by atoms with Crippen molar-refractivity contribution in [1.29, 1.82) is 0 Å². The van der Waals surface area contributed by atoms with Gasteiger partial charge in [-0.25, -0.2) is 0 Å². The lowest BCUT2D eigenvalue weighted by Gasteiger charge is -2.44. The number of ether oxygens (including phenoxy) is 1. The number of benzene rings is 1. The molecule has 3 heterocycles. The molecule has 0 saturated carbocycles. The molecule has 166 valence electrons. The zero-order valence-electron chi connectivity index (χ0n) is 18.3. The molecule has 0 radical (unpaired) electrons. The Bertz CT molecular complexity index is 1050. The van der Waals surface area contributed by atoms with Crippen molar-refractivity contribution in [3.05, 3.63) is 62.6 Å². The second-order valence-corrected chi connectivity index (χ2v) is 8.02. The van der Waals surface area contributed by atoms with Gasteiger partial charge in [0.05, 0.1) is 18.7 Å². The van der Waals surface area contributed by atoms with Crippen LogP contribution in [0.3, 0.4) is 0 Å². The third-order valence-electron chi connectivity index (χ3n) is 5.70. The summed E-state index contributed by atoms with van der Waals surface area (Å²) in [6, 6.07) is 6.53. The summed E-state index contributed by atoms with van der Waals surface area (Å²) < 4.78 is 6.98. The first-order valence-electron chi connectivity index (χ1n) is 10.3. The fourth-order valence-electron chi connectivity index (χ4n) is 4.00. The Balaban J connectivity index is 0.000000210. The van der Waals surface area contributed by atoms with Crippen molar-refractivity contribution in [3.8, 4) is 5.75 Å². The van der Waals surface area contributed by atoms with E-state index in [0.29, 0.717) is 25.9 Å². The maximum absolute atomic E-state index is 12.5. The van der Waals surface area contributed by atoms with Crippen LogP contribution in [0.25, 0.3) is 0 Å². The first kappa shape index (κ1) is 22.7. The standard InChI is InChI=1S/C13H14N2O5.C10H15N/c1-7-2-3-20-9-5-14-4-8(6-16)11(17)12(18)10(14)13(19)15(7)9;1-8-4-5-10(7-11-3)9(2)6-8/h4,6-7,9,18H,2-3,5H2,1H3;4-6,11H,7H2,1-3H3. The summed E-state index contributed by atoms with van der Waals surface area (Å²) >= 11 is 0. The Hall–Kier alpha value is -2.97. The first-order chi connectivity index (χ1) is 14.8. The quantitative estimate of drug-likeness (QED) is 0.727. The van der Waals surface area contributed by atoms with Crippen molar-refractivity contribution in [3.63, 3.8) is 0 Å². The van der Waals surface area contributed by atoms with Gasteiger partial charge in [-0.15, -0.1) is 0 Å². The highest BCUT2D eigenvalue weighted by molar-refractivity contribution is 5.97. The number of aldehydes is 1. The molecule has 1 saturated heterocycles. The molecule has 2 aromatic rings. The maximum atomic E-state index is 12.5. The van der Waals surface area contributed by atoms with E-state index in [9.17, 15) is 19.5 Å². The lowest BCUT2D eigenvalue weighted by atomic mass is 10.1. The lowest BCUT2D eigenvalue weighted by molar-refractivity contribution is -0.112. The van der Waals surface area contributed by atoms with Crippen molar-refractivity contribution in [1.82, 2.24) is 14.8 Å². The molecule has 1 aromatic carbocycles. The van der Waals surface area contributed by atoms with Gasteiger partial charge < -0.3 is 24.6 Å². The normalized spacial score (nSPS) is 19.7. The van der Waals surface area contributed by atoms with Crippen molar-refractivity contribution < 1.29 is 19.4 Å². The second-order valence-electron chi connectivity index (χ2n) is 8.02. The van der Waals surface area contributed by atoms with E-state index in [1.165, 1.54) is 27.5 Å². The van der Waals surface area contributed by atoms with Gasteiger partial charge in [0, 0.05) is 18.8 Å². The van der Waals surface area contributed by atoms with Gasteiger partial charge >= 0.3 is 0 Å². The molecule has 2 atom stereocenters. The predicted molar refractivity (Wildman–Crippen MR) is 116 cm³/mol. The molecule has 8 heteroatoms. The summed E-state index contributed by atoms with van der Waals surface area (Å²) in [6.45, 7) is 7.98. The average Bonchev–Trinajstić information content (AvgIpc) is 2.73. The molecule has 0 spiro atoms. The number of aromatic hydroxyl groups is 1. The number of pyridine rings is 1. The largest absolute Gasteiger partial charge is 0.503 e. The smallest absolute Gasteiger partial charge is 0.276 e. The van der Waals surface area contributed by atoms with Crippen LogP contribution in [-0.4, -0.2) is 52.7 Å². The molecule has 31 heavy (non-hydrogen) atoms. The highest BCUT2D eigenvalue weighted by Crippen LogP contribution is 2.28. The summed E-state index contributed by atoms with van der Waals surface area (Å²) in [7, 11) is 1.97. The molecular formula is C23H29N3O5. The van der Waals surface area contributed by atoms with Gasteiger partial charge in [-0.05, 0) is 45.4 Å². The molecule has 0 bridgehead atoms. The van der Waals surface area contributed by atoms with E-state index < -0.39 is 23.3 Å². The van der Waals surface area contributed by atoms with Crippen LogP contribution in [0.15, 0.2) is 29.2 Å². The molecule has 2 aliphatic rings. The minimum absolute atomic E-state index is 0.0183. The molecule has 2 unspecified atom stereocenters. The fraction of sp³-hybridized carbons (Fsp3) is 0.435. The number of carbonyl (C=O) groups is 2. The second kappa shape index (κ2) is 9.45. The summed E-state index contributed by atoms with van der Waals surface area (Å²) in [5.74, 6) is -1.11. The number of aromatic nitrogens is 1. The molecule has 2 N–H and O–H groups in total. The van der Waals surface area contributed by atoms with E-state index in [1.807, 2.05) is 14.0 Å². The Morgan fingerprint density at radius 3 is 2.68 bits per heavy atom. The third-order valence-corrected chi connectivity index (χ3v) is 5.70. The van der Waals surface area contributed by atoms with Crippen molar-refractivity contribution in [2.24, 2.45) is 0 Å². The average molecular weight is 428 g/mol. The van der Waals surface area contributed by atoms with Crippen molar-refractivity contribution in [2.75, 3.05) is 13.7 Å². The highest BCUT2D eigenvalue weighted by atomic mass is 16.5. The molecule has 8 nitrogen and oxygen atoms in total. The fourth-order valence-corrected chi connectivity index (χ4v) is 4.00. The maximum Gasteiger partial charge on any atom is 0.276 e. The van der Waals surface area contributed by atoms with Crippen molar-refractivity contribution >= 4 is 12.2 Å². The minimum atomic E-state index is -0.816. The van der Waals surface area contributed by atoms with E-state index in [2.05, 4.69) is 37.4 Å². The SMILES string of the molecule is CC1CCOC2Cn3cc(C=O)c(=O)c(O)c3C(=O)N12.CNCc1ccc(C)cc1C.